The van der Waals surface area contributed by atoms with Crippen LogP contribution in [0.2, 0.25) is 0 Å². The molecule has 0 saturated heterocycles. The average molecular weight is 788 g/mol. The van der Waals surface area contributed by atoms with E-state index >= 15 is 0 Å². The first-order chi connectivity index (χ1) is 27.1. The number of aliphatic hydroxyl groups is 1. The minimum atomic E-state index is -0.702. The number of nitrogens with zero attached hydrogens (tertiary/aromatic N) is 2. The van der Waals surface area contributed by atoms with Crippen molar-refractivity contribution in [2.24, 2.45) is 86.3 Å². The van der Waals surface area contributed by atoms with Crippen molar-refractivity contribution in [2.45, 2.75) is 169 Å². The number of methoxy groups -OCH3 is 2. The molecule has 8 saturated carbocycles. The summed E-state index contributed by atoms with van der Waals surface area (Å²) in [6, 6.07) is 0. The average Bonchev–Trinajstić information content (AvgIpc) is 3.86. The molecule has 57 heavy (non-hydrogen) atoms. The van der Waals surface area contributed by atoms with Crippen molar-refractivity contribution in [1.82, 2.24) is 4.57 Å². The fourth-order valence-electron chi connectivity index (χ4n) is 18.0. The Morgan fingerprint density at radius 3 is 2.18 bits per heavy atom. The predicted molar refractivity (Wildman–Crippen MR) is 222 cm³/mol. The van der Waals surface area contributed by atoms with Gasteiger partial charge in [-0.2, -0.15) is 0 Å². The highest BCUT2D eigenvalue weighted by Gasteiger charge is 2.63. The number of carbonyl (C=O) groups is 2. The highest BCUT2D eigenvalue weighted by molar-refractivity contribution is 5.81. The molecule has 0 amide bonds. The molecule has 1 N–H and O–H groups in total. The van der Waals surface area contributed by atoms with Crippen LogP contribution < -0.4 is 4.57 Å². The monoisotopic (exact) mass is 788 g/mol. The number of hydrogen-bond donors (Lipinski definition) is 1. The summed E-state index contributed by atoms with van der Waals surface area (Å²) in [4.78, 5) is 28.3. The van der Waals surface area contributed by atoms with Crippen LogP contribution in [0.5, 0.6) is 0 Å². The van der Waals surface area contributed by atoms with Crippen LogP contribution in [0.3, 0.4) is 0 Å². The molecule has 6 unspecified atom stereocenters. The third kappa shape index (κ3) is 6.70. The Balaban J connectivity index is 0.810. The first-order valence-corrected chi connectivity index (χ1v) is 23.9. The highest BCUT2D eigenvalue weighted by Crippen LogP contribution is 2.70. The molecule has 318 valence electrons. The molecule has 7 heteroatoms. The van der Waals surface area contributed by atoms with E-state index in [-0.39, 0.29) is 28.1 Å². The molecule has 0 spiro atoms. The maximum Gasteiger partial charge on any atom is 0.244 e. The van der Waals surface area contributed by atoms with E-state index in [4.69, 9.17) is 9.47 Å². The topological polar surface area (TPSA) is 81.6 Å². The summed E-state index contributed by atoms with van der Waals surface area (Å²) in [6.07, 6.45) is 27.4. The lowest BCUT2D eigenvalue weighted by Crippen LogP contribution is -2.57. The van der Waals surface area contributed by atoms with Gasteiger partial charge in [0.15, 0.2) is 11.6 Å². The lowest BCUT2D eigenvalue weighted by Gasteiger charge is -2.62. The molecular formula is C50H79N2O5+. The van der Waals surface area contributed by atoms with Gasteiger partial charge in [0, 0.05) is 26.1 Å². The highest BCUT2D eigenvalue weighted by atomic mass is 16.5. The fraction of sp³-hybridized carbons (Fsp3) is 0.900. The molecule has 0 radical (unpaired) electrons. The van der Waals surface area contributed by atoms with Crippen LogP contribution in [0.4, 0.5) is 0 Å². The number of fused-ring (bicyclic) bond motifs is 10. The van der Waals surface area contributed by atoms with Crippen LogP contribution in [-0.4, -0.2) is 54.3 Å². The van der Waals surface area contributed by atoms with Gasteiger partial charge in [-0.3, -0.25) is 9.59 Å². The van der Waals surface area contributed by atoms with Gasteiger partial charge in [-0.05, 0) is 190 Å². The Hall–Kier alpha value is -1.57. The molecule has 7 nitrogen and oxygen atoms in total. The number of ketones is 2. The third-order valence-electron chi connectivity index (χ3n) is 20.7. The van der Waals surface area contributed by atoms with E-state index in [0.717, 1.165) is 62.9 Å². The second kappa shape index (κ2) is 14.5. The van der Waals surface area contributed by atoms with E-state index in [1.807, 2.05) is 25.8 Å². The lowest BCUT2D eigenvalue weighted by molar-refractivity contribution is -0.684. The first-order valence-electron chi connectivity index (χ1n) is 23.9. The largest absolute Gasteiger partial charge is 0.387 e. The maximum atomic E-state index is 14.2. The van der Waals surface area contributed by atoms with Crippen LogP contribution >= 0.6 is 0 Å². The van der Waals surface area contributed by atoms with Gasteiger partial charge in [0.1, 0.15) is 25.5 Å². The summed E-state index contributed by atoms with van der Waals surface area (Å²) in [5, 5.41) is 11.5. The summed E-state index contributed by atoms with van der Waals surface area (Å²) in [7, 11) is 3.59. The smallest absolute Gasteiger partial charge is 0.244 e. The number of ether oxygens (including phenoxy) is 2. The molecule has 16 atom stereocenters. The van der Waals surface area contributed by atoms with E-state index in [1.54, 1.807) is 7.11 Å². The Labute approximate surface area is 345 Å². The summed E-state index contributed by atoms with van der Waals surface area (Å²) in [5.74, 6) is 6.69. The van der Waals surface area contributed by atoms with E-state index in [9.17, 15) is 14.7 Å². The quantitative estimate of drug-likeness (QED) is 0.239. The van der Waals surface area contributed by atoms with Gasteiger partial charge in [-0.15, -0.1) is 0 Å². The molecule has 1 heterocycles. The van der Waals surface area contributed by atoms with Gasteiger partial charge in [0.25, 0.3) is 0 Å². The SMILES string of the molecule is COC[C@@]1(C)CC[C@]2(C)C3CC[C@@]4(C)C(CC[C@@H]4C(=O)C[n+]4ccn(CC(=O)[C@H]5CC6C7CC[C@H]8CC[C@@](O)(COC)C[C@]8(C)C7CC[C@]6(C)C5)c4)C3CC[C@H]2C1. The van der Waals surface area contributed by atoms with Crippen molar-refractivity contribution in [3.05, 3.63) is 18.7 Å². The van der Waals surface area contributed by atoms with Crippen LogP contribution in [0, 0.1) is 86.3 Å². The Morgan fingerprint density at radius 2 is 1.40 bits per heavy atom. The molecule has 0 aliphatic heterocycles. The number of imidazole rings is 1. The summed E-state index contributed by atoms with van der Waals surface area (Å²) < 4.78 is 15.3. The van der Waals surface area contributed by atoms with Crippen LogP contribution in [-0.2, 0) is 32.2 Å². The van der Waals surface area contributed by atoms with E-state index < -0.39 is 5.60 Å². The van der Waals surface area contributed by atoms with Crippen molar-refractivity contribution < 1.29 is 28.7 Å². The molecule has 8 aliphatic rings. The minimum Gasteiger partial charge on any atom is -0.387 e. The summed E-state index contributed by atoms with van der Waals surface area (Å²) in [5.41, 5.74) is 0.580. The van der Waals surface area contributed by atoms with Gasteiger partial charge in [-0.1, -0.05) is 34.6 Å². The first kappa shape index (κ1) is 40.8. The third-order valence-corrected chi connectivity index (χ3v) is 20.7. The summed E-state index contributed by atoms with van der Waals surface area (Å²) in [6.45, 7) is 14.7. The fourth-order valence-corrected chi connectivity index (χ4v) is 18.0. The lowest BCUT2D eigenvalue weighted by atomic mass is 9.43. The van der Waals surface area contributed by atoms with Gasteiger partial charge < -0.3 is 14.6 Å². The number of hydrogen-bond acceptors (Lipinski definition) is 5. The number of carbonyl (C=O) groups excluding carboxylic acids is 2. The maximum absolute atomic E-state index is 14.2. The molecule has 9 rings (SSSR count). The Kier molecular flexibility index (Phi) is 10.4. The van der Waals surface area contributed by atoms with Gasteiger partial charge in [0.05, 0.1) is 18.8 Å². The summed E-state index contributed by atoms with van der Waals surface area (Å²) >= 11 is 0. The van der Waals surface area contributed by atoms with E-state index in [0.29, 0.717) is 71.7 Å². The van der Waals surface area contributed by atoms with Gasteiger partial charge in [-0.25, -0.2) is 9.13 Å². The second-order valence-electron chi connectivity index (χ2n) is 23.8. The number of aromatic nitrogens is 2. The van der Waals surface area contributed by atoms with Crippen molar-refractivity contribution in [1.29, 1.82) is 0 Å². The standard InChI is InChI=1S/C50H79N2O5/c1-45(30-56-6)20-21-47(3)35(26-45)9-11-36-38-12-13-41(48(38,4)18-16-39(36)47)44(54)28-52-23-22-51(32-52)27-43(53)33-24-42-37-10-8-34-14-19-50(55,31-57-7)29-49(34,5)40(37)15-17-46(42,2)25-33/h22-23,32-42,55H,8-21,24-31H2,1-7H3/q+1/t33-,34-,35-,36?,37?,38?,39?,40?,41+,42?,45-,46+,47-,48-,49-,50-/m0/s1. The number of Topliss-reactive ketones (excluding diaryl/α,β-unsaturated/α-hetero) is 2. The molecule has 1 aromatic rings. The Bertz CT molecular complexity index is 1690. The van der Waals surface area contributed by atoms with Crippen molar-refractivity contribution in [3.8, 4) is 0 Å². The zero-order chi connectivity index (χ0) is 40.2. The normalized spacial score (nSPS) is 50.2. The molecule has 8 fully saturated rings. The van der Waals surface area contributed by atoms with Crippen LogP contribution in [0.1, 0.15) is 150 Å². The van der Waals surface area contributed by atoms with Crippen molar-refractivity contribution in [2.75, 3.05) is 27.4 Å². The molecular weight excluding hydrogens is 709 g/mol. The van der Waals surface area contributed by atoms with Gasteiger partial charge >= 0.3 is 0 Å². The molecule has 0 aromatic carbocycles. The zero-order valence-electron chi connectivity index (χ0n) is 37.0. The Morgan fingerprint density at radius 1 is 0.702 bits per heavy atom. The predicted octanol–water partition coefficient (Wildman–Crippen LogP) is 9.26. The van der Waals surface area contributed by atoms with Gasteiger partial charge in [0.2, 0.25) is 6.33 Å². The van der Waals surface area contributed by atoms with E-state index in [1.165, 1.54) is 77.0 Å². The zero-order valence-corrected chi connectivity index (χ0v) is 37.0. The molecule has 8 aliphatic carbocycles. The van der Waals surface area contributed by atoms with Crippen molar-refractivity contribution in [3.63, 3.8) is 0 Å². The second-order valence-corrected chi connectivity index (χ2v) is 23.8. The van der Waals surface area contributed by atoms with E-state index in [2.05, 4.69) is 43.8 Å². The molecule has 0 bridgehead atoms. The van der Waals surface area contributed by atoms with Crippen molar-refractivity contribution >= 4 is 11.6 Å². The minimum absolute atomic E-state index is 0.116. The molecule has 1 aromatic heterocycles. The number of rotatable bonds is 10. The van der Waals surface area contributed by atoms with Crippen LogP contribution in [0.25, 0.3) is 0 Å². The van der Waals surface area contributed by atoms with Crippen LogP contribution in [0.15, 0.2) is 18.7 Å².